The van der Waals surface area contributed by atoms with E-state index in [1.54, 1.807) is 49.8 Å². The number of rotatable bonds is 16. The van der Waals surface area contributed by atoms with Crippen LogP contribution < -0.4 is 24.4 Å². The van der Waals surface area contributed by atoms with E-state index in [0.717, 1.165) is 79.1 Å². The number of nitrogens with zero attached hydrogens (tertiary/aromatic N) is 6. The average Bonchev–Trinajstić information content (AvgIpc) is 3.22. The number of ether oxygens (including phenoxy) is 4. The molecule has 0 atom stereocenters. The number of anilines is 2. The van der Waals surface area contributed by atoms with E-state index in [4.69, 9.17) is 40.7 Å². The maximum absolute atomic E-state index is 13.2. The lowest BCUT2D eigenvalue weighted by atomic mass is 10.0. The molecule has 14 heteroatoms. The molecule has 0 unspecified atom stereocenters. The highest BCUT2D eigenvalue weighted by Crippen LogP contribution is 2.38. The predicted octanol–water partition coefficient (Wildman–Crippen LogP) is 6.25. The van der Waals surface area contributed by atoms with Crippen LogP contribution in [0.2, 0.25) is 5.02 Å². The zero-order valence-electron chi connectivity index (χ0n) is 31.6. The normalized spacial score (nSPS) is 15.2. The van der Waals surface area contributed by atoms with Crippen molar-refractivity contribution in [3.8, 4) is 17.2 Å². The summed E-state index contributed by atoms with van der Waals surface area (Å²) in [4.78, 5) is 24.1. The monoisotopic (exact) mass is 783 g/mol. The average molecular weight is 784 g/mol. The van der Waals surface area contributed by atoms with Gasteiger partial charge in [-0.3, -0.25) is 19.6 Å². The van der Waals surface area contributed by atoms with Crippen LogP contribution in [0, 0.1) is 5.82 Å². The Hall–Kier alpha value is -5.08. The van der Waals surface area contributed by atoms with Gasteiger partial charge in [0, 0.05) is 74.5 Å². The van der Waals surface area contributed by atoms with Crippen molar-refractivity contribution in [2.45, 2.75) is 25.9 Å². The highest BCUT2D eigenvalue weighted by molar-refractivity contribution is 6.32. The van der Waals surface area contributed by atoms with Crippen LogP contribution in [0.25, 0.3) is 10.8 Å². The summed E-state index contributed by atoms with van der Waals surface area (Å²) < 4.78 is 36.7. The van der Waals surface area contributed by atoms with Crippen molar-refractivity contribution >= 4 is 39.8 Å². The lowest BCUT2D eigenvalue weighted by molar-refractivity contribution is -0.117. The van der Waals surface area contributed by atoms with Gasteiger partial charge in [0.2, 0.25) is 5.91 Å². The first-order chi connectivity index (χ1) is 27.4. The molecule has 7 rings (SSSR count). The summed E-state index contributed by atoms with van der Waals surface area (Å²) in [6, 6.07) is 19.3. The quantitative estimate of drug-likeness (QED) is 0.115. The number of unbranched alkanes of at least 4 members (excludes halogenated alkanes) is 1. The van der Waals surface area contributed by atoms with Gasteiger partial charge in [-0.2, -0.15) is 5.10 Å². The summed E-state index contributed by atoms with van der Waals surface area (Å²) in [5.74, 6) is 2.14. The van der Waals surface area contributed by atoms with E-state index < -0.39 is 0 Å². The number of aromatic nitrogens is 3. The van der Waals surface area contributed by atoms with Crippen LogP contribution in [0.3, 0.4) is 0 Å². The number of hydrogen-bond acceptors (Lipinski definition) is 11. The molecule has 56 heavy (non-hydrogen) atoms. The van der Waals surface area contributed by atoms with Crippen molar-refractivity contribution in [2.75, 3.05) is 89.5 Å². The topological polar surface area (TPSA) is 114 Å². The van der Waals surface area contributed by atoms with Gasteiger partial charge in [0.15, 0.2) is 17.3 Å². The molecule has 2 fully saturated rings. The summed E-state index contributed by atoms with van der Waals surface area (Å²) in [6.45, 7) is 8.29. The molecule has 1 N–H and O–H groups in total. The van der Waals surface area contributed by atoms with Crippen molar-refractivity contribution < 1.29 is 28.1 Å². The first kappa shape index (κ1) is 39.2. The summed E-state index contributed by atoms with van der Waals surface area (Å²) in [5.41, 5.74) is 3.32. The zero-order chi connectivity index (χ0) is 38.7. The predicted molar refractivity (Wildman–Crippen MR) is 215 cm³/mol. The summed E-state index contributed by atoms with van der Waals surface area (Å²) in [7, 11) is 1.66. The Morgan fingerprint density at radius 1 is 0.821 bits per heavy atom. The van der Waals surface area contributed by atoms with Gasteiger partial charge in [0.1, 0.15) is 18.2 Å². The number of amides is 1. The van der Waals surface area contributed by atoms with E-state index in [1.807, 2.05) is 24.3 Å². The molecule has 3 aromatic carbocycles. The van der Waals surface area contributed by atoms with Gasteiger partial charge >= 0.3 is 0 Å². The third-order valence-corrected chi connectivity index (χ3v) is 10.3. The molecule has 2 aromatic heterocycles. The molecule has 2 aliphatic heterocycles. The number of methoxy groups -OCH3 is 1. The number of benzene rings is 3. The Bertz CT molecular complexity index is 2060. The van der Waals surface area contributed by atoms with Gasteiger partial charge < -0.3 is 29.2 Å². The van der Waals surface area contributed by atoms with Crippen LogP contribution in [0.5, 0.6) is 17.2 Å². The van der Waals surface area contributed by atoms with Gasteiger partial charge in [-0.25, -0.2) is 4.39 Å². The number of carbonyl (C=O) groups excluding carboxylic acids is 1. The van der Waals surface area contributed by atoms with Crippen molar-refractivity contribution in [1.82, 2.24) is 25.0 Å². The molecule has 0 spiro atoms. The number of piperazine rings is 1. The van der Waals surface area contributed by atoms with E-state index in [9.17, 15) is 9.18 Å². The maximum atomic E-state index is 13.2. The van der Waals surface area contributed by atoms with Crippen LogP contribution in [-0.2, 0) is 22.6 Å². The van der Waals surface area contributed by atoms with E-state index in [2.05, 4.69) is 25.0 Å². The molecule has 2 aliphatic rings. The van der Waals surface area contributed by atoms with E-state index in [1.165, 1.54) is 12.1 Å². The molecule has 12 nitrogen and oxygen atoms in total. The van der Waals surface area contributed by atoms with Crippen LogP contribution in [-0.4, -0.2) is 110 Å². The van der Waals surface area contributed by atoms with E-state index in [-0.39, 0.29) is 24.9 Å². The Balaban J connectivity index is 0.984. The smallest absolute Gasteiger partial charge is 0.238 e. The fraction of sp³-hybridized carbons (Fsp3) is 0.381. The fourth-order valence-corrected chi connectivity index (χ4v) is 7.17. The van der Waals surface area contributed by atoms with Crippen molar-refractivity contribution in [1.29, 1.82) is 0 Å². The zero-order valence-corrected chi connectivity index (χ0v) is 32.3. The van der Waals surface area contributed by atoms with Gasteiger partial charge in [-0.15, -0.1) is 5.10 Å². The SMILES string of the molecule is COc1cc2c(Cc3ccncc3)nnc(N3CCN(CC(=O)Nc4ccc(OCc5ccc(F)cc5)c(Cl)c4)CC3)c2cc1OCCCCN1CCOCC1. The maximum Gasteiger partial charge on any atom is 0.238 e. The highest BCUT2D eigenvalue weighted by Gasteiger charge is 2.24. The summed E-state index contributed by atoms with van der Waals surface area (Å²) in [5, 5.41) is 14.7. The third kappa shape index (κ3) is 10.4. The molecule has 4 heterocycles. The standard InChI is InChI=1S/C42H47ClFN7O5/c1-53-39-26-34-35(27-40(39)55-21-3-2-14-49-19-22-54-23-20-49)42(48-47-37(34)24-30-10-12-45-13-11-30)51-17-15-50(16-18-51)28-41(52)46-33-8-9-38(36(43)25-33)56-29-31-4-6-32(44)7-5-31/h4-13,25-27H,2-3,14-24,28-29H2,1H3,(H,46,52). The first-order valence-corrected chi connectivity index (χ1v) is 19.4. The fourth-order valence-electron chi connectivity index (χ4n) is 6.93. The minimum absolute atomic E-state index is 0.140. The number of halogens is 2. The number of morpholine rings is 1. The lowest BCUT2D eigenvalue weighted by Gasteiger charge is -2.35. The van der Waals surface area contributed by atoms with E-state index in [0.29, 0.717) is 67.2 Å². The van der Waals surface area contributed by atoms with Gasteiger partial charge in [0.25, 0.3) is 0 Å². The number of carbonyl (C=O) groups is 1. The molecular weight excluding hydrogens is 737 g/mol. The number of fused-ring (bicyclic) bond motifs is 1. The van der Waals surface area contributed by atoms with Crippen LogP contribution in [0.4, 0.5) is 15.9 Å². The number of hydrogen-bond donors (Lipinski definition) is 1. The molecule has 0 radical (unpaired) electrons. The van der Waals surface area contributed by atoms with Crippen molar-refractivity contribution in [3.05, 3.63) is 107 Å². The Labute approximate surface area is 331 Å². The molecule has 0 bridgehead atoms. The van der Waals surface area contributed by atoms with Gasteiger partial charge in [-0.1, -0.05) is 23.7 Å². The van der Waals surface area contributed by atoms with Gasteiger partial charge in [-0.05, 0) is 85.1 Å². The number of pyridine rings is 1. The Morgan fingerprint density at radius 2 is 1.59 bits per heavy atom. The second-order valence-corrected chi connectivity index (χ2v) is 14.3. The highest BCUT2D eigenvalue weighted by atomic mass is 35.5. The molecule has 5 aromatic rings. The lowest BCUT2D eigenvalue weighted by Crippen LogP contribution is -2.49. The van der Waals surface area contributed by atoms with Crippen LogP contribution in [0.1, 0.15) is 29.7 Å². The van der Waals surface area contributed by atoms with E-state index >= 15 is 0 Å². The second-order valence-electron chi connectivity index (χ2n) is 13.9. The largest absolute Gasteiger partial charge is 0.493 e. The molecular formula is C42H47ClFN7O5. The molecule has 0 saturated carbocycles. The first-order valence-electron chi connectivity index (χ1n) is 19.0. The Morgan fingerprint density at radius 3 is 2.34 bits per heavy atom. The summed E-state index contributed by atoms with van der Waals surface area (Å²) in [6.07, 6.45) is 6.12. The van der Waals surface area contributed by atoms with Crippen molar-refractivity contribution in [2.24, 2.45) is 0 Å². The summed E-state index contributed by atoms with van der Waals surface area (Å²) >= 11 is 6.47. The van der Waals surface area contributed by atoms with Gasteiger partial charge in [0.05, 0.1) is 44.2 Å². The number of nitrogens with one attached hydrogen (secondary N) is 1. The Kier molecular flexibility index (Phi) is 13.4. The minimum atomic E-state index is -0.304. The molecule has 294 valence electrons. The third-order valence-electron chi connectivity index (χ3n) is 10.0. The minimum Gasteiger partial charge on any atom is -0.493 e. The van der Waals surface area contributed by atoms with Crippen molar-refractivity contribution in [3.63, 3.8) is 0 Å². The molecule has 0 aliphatic carbocycles. The van der Waals surface area contributed by atoms with Crippen LogP contribution in [0.15, 0.2) is 79.1 Å². The molecule has 2 saturated heterocycles. The molecule has 1 amide bonds. The second kappa shape index (κ2) is 19.2. The van der Waals surface area contributed by atoms with Crippen LogP contribution >= 0.6 is 11.6 Å².